The second kappa shape index (κ2) is 7.81. The van der Waals surface area contributed by atoms with Gasteiger partial charge in [0.05, 0.1) is 0 Å². The van der Waals surface area contributed by atoms with Crippen LogP contribution in [0, 0.1) is 6.92 Å². The van der Waals surface area contributed by atoms with Gasteiger partial charge in [0.15, 0.2) is 0 Å². The molecule has 2 aromatic carbocycles. The van der Waals surface area contributed by atoms with Crippen LogP contribution in [0.1, 0.15) is 21.5 Å². The van der Waals surface area contributed by atoms with E-state index in [2.05, 4.69) is 21.7 Å². The highest BCUT2D eigenvalue weighted by molar-refractivity contribution is 6.30. The average molecular weight is 352 g/mol. The molecule has 0 atom stereocenters. The molecule has 1 amide bonds. The third kappa shape index (κ3) is 4.81. The van der Waals surface area contributed by atoms with Crippen molar-refractivity contribution >= 4 is 29.0 Å². The Morgan fingerprint density at radius 1 is 1.08 bits per heavy atom. The molecule has 0 unspecified atom stereocenters. The predicted molar refractivity (Wildman–Crippen MR) is 101 cm³/mol. The normalized spacial score (nSPS) is 10.3. The van der Waals surface area contributed by atoms with Gasteiger partial charge >= 0.3 is 0 Å². The Labute approximate surface area is 151 Å². The first kappa shape index (κ1) is 17.0. The number of aryl methyl sites for hydroxylation is 1. The molecule has 5 heteroatoms. The number of nitrogens with one attached hydrogen (secondary N) is 2. The van der Waals surface area contributed by atoms with Crippen LogP contribution in [0.25, 0.3) is 0 Å². The number of aromatic nitrogens is 1. The van der Waals surface area contributed by atoms with E-state index in [-0.39, 0.29) is 5.91 Å². The number of rotatable bonds is 5. The van der Waals surface area contributed by atoms with Crippen molar-refractivity contribution < 1.29 is 4.79 Å². The number of pyridine rings is 1. The molecule has 0 saturated heterocycles. The van der Waals surface area contributed by atoms with Gasteiger partial charge in [0.2, 0.25) is 0 Å². The zero-order valence-corrected chi connectivity index (χ0v) is 14.5. The van der Waals surface area contributed by atoms with Crippen molar-refractivity contribution in [2.75, 3.05) is 5.32 Å². The highest BCUT2D eigenvalue weighted by Gasteiger charge is 2.07. The van der Waals surface area contributed by atoms with Crippen LogP contribution >= 0.6 is 11.6 Å². The maximum atomic E-state index is 12.4. The number of carbonyl (C=O) groups is 1. The van der Waals surface area contributed by atoms with E-state index in [0.29, 0.717) is 22.9 Å². The molecule has 0 aliphatic carbocycles. The summed E-state index contributed by atoms with van der Waals surface area (Å²) in [6, 6.07) is 18.8. The van der Waals surface area contributed by atoms with E-state index in [9.17, 15) is 4.79 Å². The number of carbonyl (C=O) groups excluding carboxylic acids is 1. The first-order valence-corrected chi connectivity index (χ1v) is 8.30. The van der Waals surface area contributed by atoms with Gasteiger partial charge in [0.25, 0.3) is 5.91 Å². The zero-order chi connectivity index (χ0) is 17.6. The third-order valence-corrected chi connectivity index (χ3v) is 3.89. The van der Waals surface area contributed by atoms with Crippen molar-refractivity contribution in [2.45, 2.75) is 13.5 Å². The molecular formula is C20H18ClN3O. The number of nitrogens with zero attached hydrogens (tertiary/aromatic N) is 1. The van der Waals surface area contributed by atoms with Crippen LogP contribution in [0.15, 0.2) is 66.9 Å². The SMILES string of the molecule is Cc1cccc(CNC(=O)c2ccnc(Nc3cccc(Cl)c3)c2)c1. The van der Waals surface area contributed by atoms with E-state index in [1.807, 2.05) is 37.3 Å². The lowest BCUT2D eigenvalue weighted by atomic mass is 10.1. The van der Waals surface area contributed by atoms with E-state index in [4.69, 9.17) is 11.6 Å². The average Bonchev–Trinajstić information content (AvgIpc) is 2.60. The summed E-state index contributed by atoms with van der Waals surface area (Å²) < 4.78 is 0. The summed E-state index contributed by atoms with van der Waals surface area (Å²) in [4.78, 5) is 16.6. The topological polar surface area (TPSA) is 54.0 Å². The monoisotopic (exact) mass is 351 g/mol. The second-order valence-electron chi connectivity index (χ2n) is 5.74. The maximum absolute atomic E-state index is 12.4. The molecule has 4 nitrogen and oxygen atoms in total. The smallest absolute Gasteiger partial charge is 0.251 e. The van der Waals surface area contributed by atoms with Gasteiger partial charge in [-0.1, -0.05) is 47.5 Å². The lowest BCUT2D eigenvalue weighted by Crippen LogP contribution is -2.22. The fourth-order valence-electron chi connectivity index (χ4n) is 2.46. The molecule has 0 aliphatic heterocycles. The van der Waals surface area contributed by atoms with Crippen LogP contribution in [-0.2, 0) is 6.54 Å². The van der Waals surface area contributed by atoms with Gasteiger partial charge in [-0.15, -0.1) is 0 Å². The molecule has 3 rings (SSSR count). The van der Waals surface area contributed by atoms with Crippen LogP contribution in [0.5, 0.6) is 0 Å². The van der Waals surface area contributed by atoms with Crippen molar-refractivity contribution in [1.29, 1.82) is 0 Å². The van der Waals surface area contributed by atoms with E-state index in [1.165, 1.54) is 5.56 Å². The third-order valence-electron chi connectivity index (χ3n) is 3.65. The molecule has 0 saturated carbocycles. The van der Waals surface area contributed by atoms with Crippen LogP contribution in [-0.4, -0.2) is 10.9 Å². The van der Waals surface area contributed by atoms with Gasteiger partial charge < -0.3 is 10.6 Å². The molecule has 25 heavy (non-hydrogen) atoms. The summed E-state index contributed by atoms with van der Waals surface area (Å²) in [6.07, 6.45) is 1.61. The Morgan fingerprint density at radius 2 is 1.92 bits per heavy atom. The zero-order valence-electron chi connectivity index (χ0n) is 13.8. The van der Waals surface area contributed by atoms with Crippen molar-refractivity contribution in [3.05, 3.63) is 88.6 Å². The molecule has 0 spiro atoms. The lowest BCUT2D eigenvalue weighted by Gasteiger charge is -2.09. The first-order valence-electron chi connectivity index (χ1n) is 7.92. The molecule has 0 fully saturated rings. The summed E-state index contributed by atoms with van der Waals surface area (Å²) in [6.45, 7) is 2.52. The number of benzene rings is 2. The second-order valence-corrected chi connectivity index (χ2v) is 6.17. The summed E-state index contributed by atoms with van der Waals surface area (Å²) in [5, 5.41) is 6.71. The molecular weight excluding hydrogens is 334 g/mol. The van der Waals surface area contributed by atoms with Gasteiger partial charge in [-0.2, -0.15) is 0 Å². The van der Waals surface area contributed by atoms with Gasteiger partial charge in [-0.25, -0.2) is 4.98 Å². The quantitative estimate of drug-likeness (QED) is 0.699. The van der Waals surface area contributed by atoms with Gasteiger partial charge in [0.1, 0.15) is 5.82 Å². The Kier molecular flexibility index (Phi) is 5.31. The maximum Gasteiger partial charge on any atom is 0.251 e. The fourth-order valence-corrected chi connectivity index (χ4v) is 2.65. The highest BCUT2D eigenvalue weighted by atomic mass is 35.5. The van der Waals surface area contributed by atoms with Crippen molar-refractivity contribution in [3.8, 4) is 0 Å². The minimum atomic E-state index is -0.141. The summed E-state index contributed by atoms with van der Waals surface area (Å²) in [7, 11) is 0. The van der Waals surface area contributed by atoms with Gasteiger partial charge in [-0.3, -0.25) is 4.79 Å². The van der Waals surface area contributed by atoms with Crippen LogP contribution in [0.4, 0.5) is 11.5 Å². The summed E-state index contributed by atoms with van der Waals surface area (Å²) in [5.74, 6) is 0.448. The Balaban J connectivity index is 1.67. The molecule has 1 heterocycles. The molecule has 2 N–H and O–H groups in total. The van der Waals surface area contributed by atoms with Crippen LogP contribution in [0.2, 0.25) is 5.02 Å². The van der Waals surface area contributed by atoms with Gasteiger partial charge in [-0.05, 0) is 42.8 Å². The number of anilines is 2. The van der Waals surface area contributed by atoms with Crippen molar-refractivity contribution in [2.24, 2.45) is 0 Å². The van der Waals surface area contributed by atoms with E-state index in [1.54, 1.807) is 30.5 Å². The van der Waals surface area contributed by atoms with E-state index in [0.717, 1.165) is 11.3 Å². The van der Waals surface area contributed by atoms with Crippen LogP contribution in [0.3, 0.4) is 0 Å². The Morgan fingerprint density at radius 3 is 2.72 bits per heavy atom. The number of hydrogen-bond acceptors (Lipinski definition) is 3. The molecule has 1 aromatic heterocycles. The molecule has 126 valence electrons. The lowest BCUT2D eigenvalue weighted by molar-refractivity contribution is 0.0951. The molecule has 0 radical (unpaired) electrons. The molecule has 3 aromatic rings. The van der Waals surface area contributed by atoms with Crippen molar-refractivity contribution in [3.63, 3.8) is 0 Å². The van der Waals surface area contributed by atoms with Gasteiger partial charge in [0, 0.05) is 29.0 Å². The largest absolute Gasteiger partial charge is 0.348 e. The molecule has 0 bridgehead atoms. The Hall–Kier alpha value is -2.85. The standard InChI is InChI=1S/C20H18ClN3O/c1-14-4-2-5-15(10-14)13-23-20(25)16-8-9-22-19(11-16)24-18-7-3-6-17(21)12-18/h2-12H,13H2,1H3,(H,22,24)(H,23,25). The van der Waals surface area contributed by atoms with E-state index < -0.39 is 0 Å². The fraction of sp³-hybridized carbons (Fsp3) is 0.100. The minimum absolute atomic E-state index is 0.141. The highest BCUT2D eigenvalue weighted by Crippen LogP contribution is 2.19. The van der Waals surface area contributed by atoms with Crippen LogP contribution < -0.4 is 10.6 Å². The number of hydrogen-bond donors (Lipinski definition) is 2. The van der Waals surface area contributed by atoms with Crippen molar-refractivity contribution in [1.82, 2.24) is 10.3 Å². The van der Waals surface area contributed by atoms with E-state index >= 15 is 0 Å². The number of amides is 1. The number of halogens is 1. The summed E-state index contributed by atoms with van der Waals surface area (Å²) >= 11 is 5.98. The molecule has 0 aliphatic rings. The minimum Gasteiger partial charge on any atom is -0.348 e. The summed E-state index contributed by atoms with van der Waals surface area (Å²) in [5.41, 5.74) is 3.60. The predicted octanol–water partition coefficient (Wildman–Crippen LogP) is 4.72. The Bertz CT molecular complexity index is 895. The first-order chi connectivity index (χ1) is 12.1.